The van der Waals surface area contributed by atoms with Gasteiger partial charge in [-0.25, -0.2) is 13.4 Å². The van der Waals surface area contributed by atoms with Crippen LogP contribution in [0.4, 0.5) is 34.5 Å². The Labute approximate surface area is 205 Å². The molecule has 4 rings (SSSR count). The quantitative estimate of drug-likeness (QED) is 0.405. The summed E-state index contributed by atoms with van der Waals surface area (Å²) in [5, 5.41) is 6.50. The molecule has 3 aromatic rings. The van der Waals surface area contributed by atoms with Crippen molar-refractivity contribution in [3.63, 3.8) is 0 Å². The van der Waals surface area contributed by atoms with Crippen molar-refractivity contribution >= 4 is 44.5 Å². The zero-order chi connectivity index (χ0) is 24.8. The minimum Gasteiger partial charge on any atom is -0.494 e. The average molecular weight is 499 g/mol. The maximum atomic E-state index is 11.8. The van der Waals surface area contributed by atoms with Crippen LogP contribution in [0.2, 0.25) is 0 Å². The number of benzene rings is 2. The van der Waals surface area contributed by atoms with Gasteiger partial charge in [-0.2, -0.15) is 4.98 Å². The van der Waals surface area contributed by atoms with Crippen LogP contribution in [0.3, 0.4) is 0 Å². The zero-order valence-electron chi connectivity index (χ0n) is 20.0. The van der Waals surface area contributed by atoms with Crippen LogP contribution in [-0.2, 0) is 21.2 Å². The van der Waals surface area contributed by atoms with Crippen LogP contribution >= 0.6 is 0 Å². The fourth-order valence-corrected chi connectivity index (χ4v) is 4.34. The third-order valence-corrected chi connectivity index (χ3v) is 6.12. The van der Waals surface area contributed by atoms with E-state index in [1.165, 1.54) is 0 Å². The normalized spacial score (nSPS) is 13.9. The molecule has 1 saturated heterocycles. The minimum atomic E-state index is -3.44. The molecule has 0 radical (unpaired) electrons. The number of hydrogen-bond donors (Lipinski definition) is 3. The first-order valence-corrected chi connectivity index (χ1v) is 13.2. The molecule has 0 bridgehead atoms. The number of hydrogen-bond acceptors (Lipinski definition) is 9. The zero-order valence-corrected chi connectivity index (χ0v) is 20.9. The standard InChI is InChI=1S/C24H30N6O4S/c1-4-17-16-25-24(28-23(17)26-19-7-5-6-8-20(19)29-35(3,31)32)27-21-10-9-18(15-22(21)33-2)30-11-13-34-14-12-30/h5-10,15-16,29H,4,11-14H2,1-3H3,(H2,25,26,27,28). The molecule has 2 heterocycles. The molecule has 1 aliphatic rings. The van der Waals surface area contributed by atoms with Gasteiger partial charge in [0.15, 0.2) is 0 Å². The monoisotopic (exact) mass is 498 g/mol. The van der Waals surface area contributed by atoms with Crippen molar-refractivity contribution in [2.45, 2.75) is 13.3 Å². The van der Waals surface area contributed by atoms with Crippen molar-refractivity contribution in [1.82, 2.24) is 9.97 Å². The molecule has 0 spiro atoms. The summed E-state index contributed by atoms with van der Waals surface area (Å²) < 4.78 is 37.2. The molecule has 0 saturated carbocycles. The van der Waals surface area contributed by atoms with Gasteiger partial charge in [-0.3, -0.25) is 4.72 Å². The van der Waals surface area contributed by atoms with Crippen molar-refractivity contribution in [2.24, 2.45) is 0 Å². The fourth-order valence-electron chi connectivity index (χ4n) is 3.76. The largest absolute Gasteiger partial charge is 0.494 e. The Kier molecular flexibility index (Phi) is 7.57. The predicted molar refractivity (Wildman–Crippen MR) is 139 cm³/mol. The Morgan fingerprint density at radius 3 is 2.49 bits per heavy atom. The van der Waals surface area contributed by atoms with Gasteiger partial charge in [0.2, 0.25) is 16.0 Å². The second-order valence-corrected chi connectivity index (χ2v) is 9.82. The summed E-state index contributed by atoms with van der Waals surface area (Å²) in [5.74, 6) is 1.64. The summed E-state index contributed by atoms with van der Waals surface area (Å²) in [6.07, 6.45) is 3.56. The number of aryl methyl sites for hydroxylation is 1. The number of sulfonamides is 1. The van der Waals surface area contributed by atoms with E-state index in [0.717, 1.165) is 36.3 Å². The van der Waals surface area contributed by atoms with Crippen LogP contribution in [0, 0.1) is 0 Å². The van der Waals surface area contributed by atoms with Gasteiger partial charge < -0.3 is 25.0 Å². The van der Waals surface area contributed by atoms with Crippen LogP contribution in [0.1, 0.15) is 12.5 Å². The van der Waals surface area contributed by atoms with E-state index < -0.39 is 10.0 Å². The second kappa shape index (κ2) is 10.8. The summed E-state index contributed by atoms with van der Waals surface area (Å²) in [6.45, 7) is 5.09. The number of nitrogens with one attached hydrogen (secondary N) is 3. The molecule has 3 N–H and O–H groups in total. The second-order valence-electron chi connectivity index (χ2n) is 8.07. The third-order valence-electron chi connectivity index (χ3n) is 5.53. The summed E-state index contributed by atoms with van der Waals surface area (Å²) in [7, 11) is -1.81. The van der Waals surface area contributed by atoms with Crippen molar-refractivity contribution in [3.8, 4) is 5.75 Å². The van der Waals surface area contributed by atoms with E-state index in [1.54, 1.807) is 31.5 Å². The van der Waals surface area contributed by atoms with E-state index in [1.807, 2.05) is 31.2 Å². The molecular weight excluding hydrogens is 468 g/mol. The first-order chi connectivity index (χ1) is 16.9. The molecule has 0 aliphatic carbocycles. The summed E-state index contributed by atoms with van der Waals surface area (Å²) in [6, 6.07) is 13.0. The Morgan fingerprint density at radius 2 is 1.80 bits per heavy atom. The highest BCUT2D eigenvalue weighted by Crippen LogP contribution is 2.33. The number of morpholine rings is 1. The molecule has 0 atom stereocenters. The average Bonchev–Trinajstić information content (AvgIpc) is 2.85. The Hall–Kier alpha value is -3.57. The number of nitrogens with zero attached hydrogens (tertiary/aromatic N) is 3. The van der Waals surface area contributed by atoms with Crippen LogP contribution in [-0.4, -0.2) is 58.1 Å². The topological polar surface area (TPSA) is 118 Å². The fraction of sp³-hybridized carbons (Fsp3) is 0.333. The molecular formula is C24H30N6O4S. The lowest BCUT2D eigenvalue weighted by Gasteiger charge is -2.29. The van der Waals surface area contributed by atoms with E-state index in [2.05, 4.69) is 30.2 Å². The van der Waals surface area contributed by atoms with Gasteiger partial charge in [-0.1, -0.05) is 19.1 Å². The molecule has 0 amide bonds. The van der Waals surface area contributed by atoms with E-state index in [-0.39, 0.29) is 0 Å². The summed E-state index contributed by atoms with van der Waals surface area (Å²) in [5.41, 5.74) is 3.71. The first-order valence-electron chi connectivity index (χ1n) is 11.3. The van der Waals surface area contributed by atoms with E-state index in [0.29, 0.717) is 48.5 Å². The van der Waals surface area contributed by atoms with Crippen LogP contribution in [0.5, 0.6) is 5.75 Å². The molecule has 186 valence electrons. The van der Waals surface area contributed by atoms with Gasteiger partial charge in [0.25, 0.3) is 0 Å². The maximum Gasteiger partial charge on any atom is 0.229 e. The molecule has 0 unspecified atom stereocenters. The van der Waals surface area contributed by atoms with Crippen LogP contribution < -0.4 is 25.0 Å². The SMILES string of the molecule is CCc1cnc(Nc2ccc(N3CCOCC3)cc2OC)nc1Nc1ccccc1NS(C)(=O)=O. The summed E-state index contributed by atoms with van der Waals surface area (Å²) >= 11 is 0. The number of rotatable bonds is 9. The van der Waals surface area contributed by atoms with E-state index in [9.17, 15) is 8.42 Å². The van der Waals surface area contributed by atoms with E-state index >= 15 is 0 Å². The third kappa shape index (κ3) is 6.31. The first kappa shape index (κ1) is 24.6. The smallest absolute Gasteiger partial charge is 0.229 e. The van der Waals surface area contributed by atoms with Gasteiger partial charge in [0.05, 0.1) is 43.6 Å². The Balaban J connectivity index is 1.59. The lowest BCUT2D eigenvalue weighted by molar-refractivity contribution is 0.122. The molecule has 10 nitrogen and oxygen atoms in total. The Morgan fingerprint density at radius 1 is 1.06 bits per heavy atom. The number of ether oxygens (including phenoxy) is 2. The van der Waals surface area contributed by atoms with Crippen molar-refractivity contribution in [1.29, 1.82) is 0 Å². The maximum absolute atomic E-state index is 11.8. The molecule has 11 heteroatoms. The van der Waals surface area contributed by atoms with Crippen molar-refractivity contribution in [2.75, 3.05) is 59.9 Å². The molecule has 1 fully saturated rings. The van der Waals surface area contributed by atoms with E-state index in [4.69, 9.17) is 9.47 Å². The lowest BCUT2D eigenvalue weighted by atomic mass is 10.2. The lowest BCUT2D eigenvalue weighted by Crippen LogP contribution is -2.36. The predicted octanol–water partition coefficient (Wildman–Crippen LogP) is 3.74. The van der Waals surface area contributed by atoms with Crippen molar-refractivity contribution in [3.05, 3.63) is 54.2 Å². The van der Waals surface area contributed by atoms with Crippen LogP contribution in [0.15, 0.2) is 48.7 Å². The van der Waals surface area contributed by atoms with Gasteiger partial charge in [-0.15, -0.1) is 0 Å². The van der Waals surface area contributed by atoms with Gasteiger partial charge in [0, 0.05) is 36.6 Å². The van der Waals surface area contributed by atoms with Gasteiger partial charge in [0.1, 0.15) is 11.6 Å². The Bertz CT molecular complexity index is 1280. The highest BCUT2D eigenvalue weighted by molar-refractivity contribution is 7.92. The van der Waals surface area contributed by atoms with Gasteiger partial charge >= 0.3 is 0 Å². The molecule has 2 aromatic carbocycles. The van der Waals surface area contributed by atoms with Crippen LogP contribution in [0.25, 0.3) is 0 Å². The molecule has 35 heavy (non-hydrogen) atoms. The number of anilines is 6. The number of para-hydroxylation sites is 2. The number of aromatic nitrogens is 2. The summed E-state index contributed by atoms with van der Waals surface area (Å²) in [4.78, 5) is 11.4. The molecule has 1 aromatic heterocycles. The highest BCUT2D eigenvalue weighted by Gasteiger charge is 2.15. The minimum absolute atomic E-state index is 0.385. The van der Waals surface area contributed by atoms with Gasteiger partial charge in [-0.05, 0) is 30.7 Å². The highest BCUT2D eigenvalue weighted by atomic mass is 32.2. The van der Waals surface area contributed by atoms with Crippen molar-refractivity contribution < 1.29 is 17.9 Å². The molecule has 1 aliphatic heterocycles. The number of methoxy groups -OCH3 is 1.